The molecule has 0 amide bonds. The topological polar surface area (TPSA) is 70.1 Å². The molecule has 98 valence electrons. The molecular weight excluding hydrogens is 287 g/mol. The van der Waals surface area contributed by atoms with Gasteiger partial charge in [0.25, 0.3) is 5.56 Å². The molecule has 0 saturated heterocycles. The molecule has 2 N–H and O–H groups in total. The predicted octanol–water partition coefficient (Wildman–Crippen LogP) is 2.83. The van der Waals surface area contributed by atoms with Gasteiger partial charge in [0.15, 0.2) is 0 Å². The molecule has 0 unspecified atom stereocenters. The van der Waals surface area contributed by atoms with E-state index in [4.69, 9.17) is 23.2 Å². The van der Waals surface area contributed by atoms with Crippen LogP contribution >= 0.6 is 23.2 Å². The van der Waals surface area contributed by atoms with E-state index in [-0.39, 0.29) is 11.5 Å². The van der Waals surface area contributed by atoms with Crippen molar-refractivity contribution in [2.45, 2.75) is 6.92 Å². The third-order valence-corrected chi connectivity index (χ3v) is 2.77. The van der Waals surface area contributed by atoms with E-state index in [1.165, 1.54) is 12.3 Å². The van der Waals surface area contributed by atoms with Gasteiger partial charge in [-0.25, -0.2) is 10.4 Å². The average molecular weight is 297 g/mol. The summed E-state index contributed by atoms with van der Waals surface area (Å²) in [7, 11) is 0. The van der Waals surface area contributed by atoms with E-state index in [2.05, 4.69) is 20.5 Å². The molecule has 2 rings (SSSR count). The molecule has 0 radical (unpaired) electrons. The van der Waals surface area contributed by atoms with Crippen LogP contribution in [0.15, 0.2) is 34.2 Å². The van der Waals surface area contributed by atoms with Crippen molar-refractivity contribution in [2.75, 3.05) is 5.43 Å². The van der Waals surface area contributed by atoms with Crippen LogP contribution in [-0.4, -0.2) is 16.2 Å². The molecule has 1 aromatic heterocycles. The zero-order valence-electron chi connectivity index (χ0n) is 9.95. The van der Waals surface area contributed by atoms with Crippen molar-refractivity contribution in [3.8, 4) is 0 Å². The Morgan fingerprint density at radius 1 is 1.37 bits per heavy atom. The zero-order valence-corrected chi connectivity index (χ0v) is 11.5. The van der Waals surface area contributed by atoms with E-state index in [0.717, 1.165) is 0 Å². The molecule has 0 aliphatic rings. The van der Waals surface area contributed by atoms with Crippen LogP contribution < -0.4 is 11.0 Å². The van der Waals surface area contributed by atoms with E-state index in [1.54, 1.807) is 25.1 Å². The lowest BCUT2D eigenvalue weighted by Crippen LogP contribution is -2.10. The number of aromatic nitrogens is 2. The first-order chi connectivity index (χ1) is 9.04. The van der Waals surface area contributed by atoms with Crippen molar-refractivity contribution < 1.29 is 0 Å². The normalized spacial score (nSPS) is 10.9. The van der Waals surface area contributed by atoms with E-state index < -0.39 is 0 Å². The quantitative estimate of drug-likeness (QED) is 0.676. The SMILES string of the molecule is Cc1cc(=O)[nH]c(N/N=C/c2ccc(Cl)cc2Cl)n1. The molecule has 0 fully saturated rings. The lowest BCUT2D eigenvalue weighted by Gasteiger charge is -2.01. The molecule has 5 nitrogen and oxygen atoms in total. The van der Waals surface area contributed by atoms with Crippen LogP contribution in [0.1, 0.15) is 11.3 Å². The Kier molecular flexibility index (Phi) is 4.19. The zero-order chi connectivity index (χ0) is 13.8. The van der Waals surface area contributed by atoms with E-state index >= 15 is 0 Å². The first kappa shape index (κ1) is 13.6. The van der Waals surface area contributed by atoms with Crippen LogP contribution in [0.2, 0.25) is 10.0 Å². The smallest absolute Gasteiger partial charge is 0.252 e. The third-order valence-electron chi connectivity index (χ3n) is 2.21. The number of halogens is 2. The lowest BCUT2D eigenvalue weighted by atomic mass is 10.2. The highest BCUT2D eigenvalue weighted by atomic mass is 35.5. The van der Waals surface area contributed by atoms with Crippen molar-refractivity contribution in [3.63, 3.8) is 0 Å². The molecule has 1 heterocycles. The van der Waals surface area contributed by atoms with E-state index in [1.807, 2.05) is 0 Å². The van der Waals surface area contributed by atoms with Crippen molar-refractivity contribution in [1.82, 2.24) is 9.97 Å². The molecule has 0 spiro atoms. The third kappa shape index (κ3) is 3.81. The number of hydrazone groups is 1. The summed E-state index contributed by atoms with van der Waals surface area (Å²) in [6.45, 7) is 1.72. The molecule has 0 aliphatic carbocycles. The number of nitrogens with one attached hydrogen (secondary N) is 2. The van der Waals surface area contributed by atoms with Gasteiger partial charge in [0.2, 0.25) is 5.95 Å². The number of aromatic amines is 1. The second-order valence-electron chi connectivity index (χ2n) is 3.77. The van der Waals surface area contributed by atoms with Crippen LogP contribution in [0.5, 0.6) is 0 Å². The minimum atomic E-state index is -0.241. The second kappa shape index (κ2) is 5.86. The Morgan fingerprint density at radius 2 is 2.16 bits per heavy atom. The number of hydrogen-bond donors (Lipinski definition) is 2. The maximum atomic E-state index is 11.2. The monoisotopic (exact) mass is 296 g/mol. The molecule has 0 bridgehead atoms. The summed E-state index contributed by atoms with van der Waals surface area (Å²) in [5, 5.41) is 4.99. The Hall–Kier alpha value is -1.85. The first-order valence-corrected chi connectivity index (χ1v) is 6.12. The summed E-state index contributed by atoms with van der Waals surface area (Å²) in [6, 6.07) is 6.46. The average Bonchev–Trinajstić information content (AvgIpc) is 2.30. The van der Waals surface area contributed by atoms with Gasteiger partial charge in [0, 0.05) is 22.3 Å². The Balaban J connectivity index is 2.13. The van der Waals surface area contributed by atoms with Crippen molar-refractivity contribution in [1.29, 1.82) is 0 Å². The number of nitrogens with zero attached hydrogens (tertiary/aromatic N) is 2. The van der Waals surface area contributed by atoms with Gasteiger partial charge in [-0.3, -0.25) is 9.78 Å². The van der Waals surface area contributed by atoms with Crippen LogP contribution in [0.4, 0.5) is 5.95 Å². The number of H-pyrrole nitrogens is 1. The largest absolute Gasteiger partial charge is 0.291 e. The fourth-order valence-corrected chi connectivity index (χ4v) is 1.86. The molecule has 2 aromatic rings. The number of benzene rings is 1. The van der Waals surface area contributed by atoms with Gasteiger partial charge in [-0.2, -0.15) is 5.10 Å². The van der Waals surface area contributed by atoms with Crippen molar-refractivity contribution in [3.05, 3.63) is 55.9 Å². The number of rotatable bonds is 3. The van der Waals surface area contributed by atoms with Crippen molar-refractivity contribution in [2.24, 2.45) is 5.10 Å². The summed E-state index contributed by atoms with van der Waals surface area (Å²) in [5.74, 6) is 0.270. The summed E-state index contributed by atoms with van der Waals surface area (Å²) < 4.78 is 0. The molecule has 0 aliphatic heterocycles. The number of aryl methyl sites for hydroxylation is 1. The lowest BCUT2D eigenvalue weighted by molar-refractivity contribution is 1.04. The van der Waals surface area contributed by atoms with Gasteiger partial charge in [-0.1, -0.05) is 29.3 Å². The van der Waals surface area contributed by atoms with Gasteiger partial charge >= 0.3 is 0 Å². The Morgan fingerprint density at radius 3 is 2.84 bits per heavy atom. The van der Waals surface area contributed by atoms with Crippen molar-refractivity contribution >= 4 is 35.4 Å². The minimum Gasteiger partial charge on any atom is -0.291 e. The summed E-state index contributed by atoms with van der Waals surface area (Å²) in [4.78, 5) is 17.8. The second-order valence-corrected chi connectivity index (χ2v) is 4.61. The highest BCUT2D eigenvalue weighted by molar-refractivity contribution is 6.36. The fraction of sp³-hybridized carbons (Fsp3) is 0.0833. The molecule has 0 atom stereocenters. The van der Waals surface area contributed by atoms with Crippen LogP contribution in [0, 0.1) is 6.92 Å². The van der Waals surface area contributed by atoms with Crippen LogP contribution in [-0.2, 0) is 0 Å². The number of anilines is 1. The Bertz CT molecular complexity index is 682. The van der Waals surface area contributed by atoms with Crippen LogP contribution in [0.3, 0.4) is 0 Å². The molecule has 1 aromatic carbocycles. The standard InChI is InChI=1S/C12H10Cl2N4O/c1-7-4-11(19)17-12(16-7)18-15-6-8-2-3-9(13)5-10(8)14/h2-6H,1H3,(H2,16,17,18,19)/b15-6+. The van der Waals surface area contributed by atoms with E-state index in [9.17, 15) is 4.79 Å². The van der Waals surface area contributed by atoms with E-state index in [0.29, 0.717) is 21.3 Å². The maximum absolute atomic E-state index is 11.2. The molecular formula is C12H10Cl2N4O. The van der Waals surface area contributed by atoms with Gasteiger partial charge in [-0.15, -0.1) is 0 Å². The van der Waals surface area contributed by atoms with Gasteiger partial charge < -0.3 is 0 Å². The van der Waals surface area contributed by atoms with Gasteiger partial charge in [0.05, 0.1) is 11.2 Å². The minimum absolute atomic E-state index is 0.241. The molecule has 0 saturated carbocycles. The Labute approximate surface area is 119 Å². The highest BCUT2D eigenvalue weighted by Gasteiger charge is 1.99. The number of hydrogen-bond acceptors (Lipinski definition) is 4. The summed E-state index contributed by atoms with van der Waals surface area (Å²) in [5.41, 5.74) is 3.69. The summed E-state index contributed by atoms with van der Waals surface area (Å²) >= 11 is 11.8. The predicted molar refractivity (Wildman–Crippen MR) is 77.3 cm³/mol. The molecule has 19 heavy (non-hydrogen) atoms. The van der Waals surface area contributed by atoms with Gasteiger partial charge in [-0.05, 0) is 19.1 Å². The molecule has 7 heteroatoms. The van der Waals surface area contributed by atoms with Crippen LogP contribution in [0.25, 0.3) is 0 Å². The first-order valence-electron chi connectivity index (χ1n) is 5.37. The maximum Gasteiger partial charge on any atom is 0.252 e. The highest BCUT2D eigenvalue weighted by Crippen LogP contribution is 2.19. The fourth-order valence-electron chi connectivity index (χ4n) is 1.40. The summed E-state index contributed by atoms with van der Waals surface area (Å²) in [6.07, 6.45) is 1.51. The van der Waals surface area contributed by atoms with Gasteiger partial charge in [0.1, 0.15) is 0 Å².